The van der Waals surface area contributed by atoms with Crippen LogP contribution in [0.25, 0.3) is 0 Å². The fourth-order valence-electron chi connectivity index (χ4n) is 3.70. The van der Waals surface area contributed by atoms with E-state index in [1.807, 2.05) is 0 Å². The minimum absolute atomic E-state index is 0.0226. The van der Waals surface area contributed by atoms with Crippen LogP contribution < -0.4 is 14.8 Å². The molecule has 0 amide bonds. The van der Waals surface area contributed by atoms with E-state index >= 15 is 0 Å². The second-order valence-corrected chi connectivity index (χ2v) is 9.12. The molecule has 0 fully saturated rings. The van der Waals surface area contributed by atoms with Crippen molar-refractivity contribution in [2.45, 2.75) is 24.3 Å². The smallest absolute Gasteiger partial charge is 0.266 e. The van der Waals surface area contributed by atoms with Gasteiger partial charge in [0.15, 0.2) is 0 Å². The van der Waals surface area contributed by atoms with Crippen molar-refractivity contribution in [3.8, 4) is 5.75 Å². The van der Waals surface area contributed by atoms with Crippen LogP contribution in [0.5, 0.6) is 5.75 Å². The Labute approximate surface area is 189 Å². The molecule has 1 aliphatic rings. The number of hydrogen-bond acceptors (Lipinski definition) is 4. The van der Waals surface area contributed by atoms with Crippen LogP contribution in [0.1, 0.15) is 29.5 Å². The first kappa shape index (κ1) is 22.7. The van der Waals surface area contributed by atoms with Gasteiger partial charge < -0.3 is 10.1 Å². The number of rotatable bonds is 5. The summed E-state index contributed by atoms with van der Waals surface area (Å²) in [5.74, 6) is -2.45. The second-order valence-electron chi connectivity index (χ2n) is 7.47. The van der Waals surface area contributed by atoms with Gasteiger partial charge in [-0.1, -0.05) is 25.1 Å². The van der Waals surface area contributed by atoms with Crippen molar-refractivity contribution < 1.29 is 26.3 Å². The van der Waals surface area contributed by atoms with Gasteiger partial charge in [-0.05, 0) is 41.5 Å². The maximum atomic E-state index is 15.0. The molecule has 1 aliphatic heterocycles. The monoisotopic (exact) mass is 475 g/mol. The minimum atomic E-state index is -4.08. The van der Waals surface area contributed by atoms with Crippen molar-refractivity contribution in [2.24, 2.45) is 4.99 Å². The predicted octanol–water partition coefficient (Wildman–Crippen LogP) is 4.52. The van der Waals surface area contributed by atoms with E-state index in [9.17, 15) is 21.6 Å². The highest BCUT2D eigenvalue weighted by Gasteiger charge is 2.32. The highest BCUT2D eigenvalue weighted by Crippen LogP contribution is 2.39. The van der Waals surface area contributed by atoms with Crippen LogP contribution in [0.4, 0.5) is 18.9 Å². The number of sulfonamides is 1. The lowest BCUT2D eigenvalue weighted by Crippen LogP contribution is -2.41. The lowest BCUT2D eigenvalue weighted by atomic mass is 9.90. The van der Waals surface area contributed by atoms with Crippen molar-refractivity contribution in [3.05, 3.63) is 88.7 Å². The van der Waals surface area contributed by atoms with Gasteiger partial charge in [0.1, 0.15) is 28.1 Å². The van der Waals surface area contributed by atoms with E-state index in [0.29, 0.717) is 11.3 Å². The fourth-order valence-corrected chi connectivity index (χ4v) is 4.85. The normalized spacial score (nSPS) is 16.5. The molecule has 6 nitrogen and oxygen atoms in total. The van der Waals surface area contributed by atoms with Gasteiger partial charge in [-0.25, -0.2) is 31.3 Å². The molecule has 0 aromatic heterocycles. The molecule has 3 aromatic rings. The van der Waals surface area contributed by atoms with Gasteiger partial charge >= 0.3 is 0 Å². The molecule has 0 aliphatic carbocycles. The molecule has 2 N–H and O–H groups in total. The second kappa shape index (κ2) is 8.78. The van der Waals surface area contributed by atoms with Gasteiger partial charge in [0, 0.05) is 17.5 Å². The van der Waals surface area contributed by atoms with Crippen LogP contribution in [-0.2, 0) is 16.6 Å². The van der Waals surface area contributed by atoms with Gasteiger partial charge in [-0.15, -0.1) is 0 Å². The van der Waals surface area contributed by atoms with E-state index in [2.05, 4.69) is 15.0 Å². The van der Waals surface area contributed by atoms with Crippen LogP contribution in [0.2, 0.25) is 0 Å². The maximum absolute atomic E-state index is 15.0. The Kier molecular flexibility index (Phi) is 6.03. The molecule has 0 saturated carbocycles. The summed E-state index contributed by atoms with van der Waals surface area (Å²) < 4.78 is 76.0. The third kappa shape index (κ3) is 4.51. The number of anilines is 1. The SMILES string of the molecule is COc1ccc([C@@H](C)c2c(F)ccc3c2NC(=NCc2cccc(F)c2)NS3(=O)=O)c(F)c1. The summed E-state index contributed by atoms with van der Waals surface area (Å²) in [5.41, 5.74) is 0.621. The molecule has 3 aromatic carbocycles. The average molecular weight is 475 g/mol. The Morgan fingerprint density at radius 1 is 1.03 bits per heavy atom. The quantitative estimate of drug-likeness (QED) is 0.569. The van der Waals surface area contributed by atoms with Crippen LogP contribution in [0.3, 0.4) is 0 Å². The zero-order valence-corrected chi connectivity index (χ0v) is 18.5. The topological polar surface area (TPSA) is 79.8 Å². The number of benzene rings is 3. The zero-order chi connectivity index (χ0) is 23.8. The van der Waals surface area contributed by atoms with Crippen molar-refractivity contribution in [1.29, 1.82) is 0 Å². The number of aliphatic imine (C=N–C) groups is 1. The molecule has 172 valence electrons. The highest BCUT2D eigenvalue weighted by atomic mass is 32.2. The molecule has 4 rings (SSSR count). The first-order valence-corrected chi connectivity index (χ1v) is 11.4. The Hall–Kier alpha value is -3.53. The van der Waals surface area contributed by atoms with Gasteiger partial charge in [0.25, 0.3) is 10.0 Å². The lowest BCUT2D eigenvalue weighted by molar-refractivity contribution is 0.410. The van der Waals surface area contributed by atoms with Crippen molar-refractivity contribution in [1.82, 2.24) is 4.72 Å². The number of halogens is 3. The number of fused-ring (bicyclic) bond motifs is 1. The van der Waals surface area contributed by atoms with E-state index in [1.54, 1.807) is 19.1 Å². The fraction of sp³-hybridized carbons (Fsp3) is 0.174. The number of nitrogens with one attached hydrogen (secondary N) is 2. The molecular formula is C23H20F3N3O3S. The summed E-state index contributed by atoms with van der Waals surface area (Å²) in [4.78, 5) is 3.98. The summed E-state index contributed by atoms with van der Waals surface area (Å²) in [7, 11) is -2.68. The van der Waals surface area contributed by atoms with E-state index in [1.165, 1.54) is 37.4 Å². The molecule has 1 atom stereocenters. The Bertz CT molecular complexity index is 1360. The number of hydrogen-bond donors (Lipinski definition) is 2. The standard InChI is InChI=1S/C23H20F3N3O3S/c1-13(17-7-6-16(32-2)11-19(17)26)21-18(25)8-9-20-22(21)28-23(29-33(20,30)31)27-12-14-4-3-5-15(24)10-14/h3-11,13H,12H2,1-2H3,(H2,27,28,29)/t13-/m1/s1. The van der Waals surface area contributed by atoms with Crippen LogP contribution in [0, 0.1) is 17.5 Å². The summed E-state index contributed by atoms with van der Waals surface area (Å²) in [6.45, 7) is 1.55. The molecule has 1 heterocycles. The lowest BCUT2D eigenvalue weighted by Gasteiger charge is -2.27. The molecule has 0 unspecified atom stereocenters. The van der Waals surface area contributed by atoms with Crippen LogP contribution in [-0.4, -0.2) is 21.5 Å². The largest absolute Gasteiger partial charge is 0.497 e. The van der Waals surface area contributed by atoms with E-state index < -0.39 is 33.4 Å². The minimum Gasteiger partial charge on any atom is -0.497 e. The molecule has 0 saturated heterocycles. The van der Waals surface area contributed by atoms with Gasteiger partial charge in [0.2, 0.25) is 5.96 Å². The Morgan fingerprint density at radius 2 is 1.82 bits per heavy atom. The highest BCUT2D eigenvalue weighted by molar-refractivity contribution is 7.90. The zero-order valence-electron chi connectivity index (χ0n) is 17.7. The molecule has 0 spiro atoms. The Balaban J connectivity index is 1.76. The maximum Gasteiger partial charge on any atom is 0.266 e. The average Bonchev–Trinajstić information content (AvgIpc) is 2.76. The summed E-state index contributed by atoms with van der Waals surface area (Å²) in [6, 6.07) is 12.0. The first-order chi connectivity index (χ1) is 15.7. The van der Waals surface area contributed by atoms with Crippen molar-refractivity contribution >= 4 is 21.7 Å². The van der Waals surface area contributed by atoms with E-state index in [0.717, 1.165) is 12.1 Å². The number of methoxy groups -OCH3 is 1. The number of ether oxygens (including phenoxy) is 1. The van der Waals surface area contributed by atoms with Gasteiger partial charge in [-0.2, -0.15) is 0 Å². The Morgan fingerprint density at radius 3 is 2.52 bits per heavy atom. The number of nitrogens with zero attached hydrogens (tertiary/aromatic N) is 1. The van der Waals surface area contributed by atoms with Crippen molar-refractivity contribution in [2.75, 3.05) is 12.4 Å². The first-order valence-electron chi connectivity index (χ1n) is 9.94. The van der Waals surface area contributed by atoms with E-state index in [-0.39, 0.29) is 34.2 Å². The summed E-state index contributed by atoms with van der Waals surface area (Å²) in [6.07, 6.45) is 0. The van der Waals surface area contributed by atoms with Gasteiger partial charge in [0.05, 0.1) is 19.3 Å². The van der Waals surface area contributed by atoms with E-state index in [4.69, 9.17) is 4.74 Å². The molecular weight excluding hydrogens is 455 g/mol. The van der Waals surface area contributed by atoms with Crippen molar-refractivity contribution in [3.63, 3.8) is 0 Å². The van der Waals surface area contributed by atoms with Crippen LogP contribution in [0.15, 0.2) is 64.5 Å². The number of guanidine groups is 1. The molecule has 10 heteroatoms. The third-order valence-corrected chi connectivity index (χ3v) is 6.72. The summed E-state index contributed by atoms with van der Waals surface area (Å²) >= 11 is 0. The predicted molar refractivity (Wildman–Crippen MR) is 118 cm³/mol. The molecule has 0 radical (unpaired) electrons. The van der Waals surface area contributed by atoms with Crippen LogP contribution >= 0.6 is 0 Å². The van der Waals surface area contributed by atoms with Gasteiger partial charge in [-0.3, -0.25) is 0 Å². The molecule has 33 heavy (non-hydrogen) atoms. The summed E-state index contributed by atoms with van der Waals surface area (Å²) in [5, 5.41) is 2.82. The molecule has 0 bridgehead atoms. The third-order valence-electron chi connectivity index (χ3n) is 5.33.